The lowest BCUT2D eigenvalue weighted by Crippen LogP contribution is -1.97. The summed E-state index contributed by atoms with van der Waals surface area (Å²) in [5, 5.41) is 0. The Labute approximate surface area is 50.7 Å². The maximum absolute atomic E-state index is 4.24. The zero-order chi connectivity index (χ0) is 5.33. The van der Waals surface area contributed by atoms with E-state index in [0.29, 0.717) is 5.41 Å². The Morgan fingerprint density at radius 1 is 1.57 bits per heavy atom. The zero-order valence-corrected chi connectivity index (χ0v) is 5.67. The van der Waals surface area contributed by atoms with E-state index in [4.69, 9.17) is 0 Å². The zero-order valence-electron chi connectivity index (χ0n) is 4.78. The Bertz CT molecular complexity index is 58.6. The van der Waals surface area contributed by atoms with Crippen LogP contribution in [0, 0.1) is 5.41 Å². The maximum Gasteiger partial charge on any atom is -0.00413 e. The van der Waals surface area contributed by atoms with Gasteiger partial charge in [0.15, 0.2) is 0 Å². The van der Waals surface area contributed by atoms with Gasteiger partial charge in [-0.1, -0.05) is 6.92 Å². The molecule has 1 rings (SSSR count). The molecule has 0 N–H and O–H groups in total. The summed E-state index contributed by atoms with van der Waals surface area (Å²) in [7, 11) is 0. The molecule has 0 unspecified atom stereocenters. The molecule has 0 spiro atoms. The quantitative estimate of drug-likeness (QED) is 0.525. The van der Waals surface area contributed by atoms with E-state index in [1.54, 1.807) is 0 Å². The largest absolute Gasteiger partial charge is 0.179 e. The van der Waals surface area contributed by atoms with Crippen molar-refractivity contribution in [2.75, 3.05) is 5.75 Å². The molecule has 0 aromatic heterocycles. The van der Waals surface area contributed by atoms with Crippen molar-refractivity contribution >= 4 is 12.6 Å². The number of rotatable bonds is 2. The molecule has 0 aliphatic heterocycles. The lowest BCUT2D eigenvalue weighted by molar-refractivity contribution is 0.564. The van der Waals surface area contributed by atoms with Crippen LogP contribution in [0.25, 0.3) is 0 Å². The third-order valence-corrected chi connectivity index (χ3v) is 2.71. The highest BCUT2D eigenvalue weighted by Gasteiger charge is 2.38. The molecule has 0 radical (unpaired) electrons. The molecule has 0 aromatic carbocycles. The summed E-state index contributed by atoms with van der Waals surface area (Å²) in [4.78, 5) is 0. The molecule has 7 heavy (non-hydrogen) atoms. The normalized spacial score (nSPS) is 24.9. The van der Waals surface area contributed by atoms with Gasteiger partial charge in [0, 0.05) is 0 Å². The van der Waals surface area contributed by atoms with Crippen molar-refractivity contribution in [2.24, 2.45) is 5.41 Å². The second kappa shape index (κ2) is 1.70. The van der Waals surface area contributed by atoms with E-state index in [-0.39, 0.29) is 0 Å². The van der Waals surface area contributed by atoms with E-state index in [9.17, 15) is 0 Å². The SMILES string of the molecule is CCC1(CS)CC1. The van der Waals surface area contributed by atoms with E-state index in [2.05, 4.69) is 19.6 Å². The van der Waals surface area contributed by atoms with Crippen molar-refractivity contribution in [3.05, 3.63) is 0 Å². The van der Waals surface area contributed by atoms with Crippen molar-refractivity contribution in [2.45, 2.75) is 26.2 Å². The molecule has 0 nitrogen and oxygen atoms in total. The first kappa shape index (κ1) is 5.49. The van der Waals surface area contributed by atoms with Gasteiger partial charge in [0.05, 0.1) is 0 Å². The molecule has 0 bridgehead atoms. The van der Waals surface area contributed by atoms with Gasteiger partial charge in [-0.15, -0.1) is 0 Å². The molecular formula is C6H12S. The van der Waals surface area contributed by atoms with E-state index in [1.165, 1.54) is 19.3 Å². The Balaban J connectivity index is 2.28. The summed E-state index contributed by atoms with van der Waals surface area (Å²) < 4.78 is 0. The smallest absolute Gasteiger partial charge is 0.00413 e. The fraction of sp³-hybridized carbons (Fsp3) is 1.00. The van der Waals surface area contributed by atoms with Crippen molar-refractivity contribution in [1.29, 1.82) is 0 Å². The molecule has 0 aromatic rings. The maximum atomic E-state index is 4.24. The van der Waals surface area contributed by atoms with Crippen LogP contribution >= 0.6 is 12.6 Å². The highest BCUT2D eigenvalue weighted by atomic mass is 32.1. The highest BCUT2D eigenvalue weighted by Crippen LogP contribution is 2.49. The van der Waals surface area contributed by atoms with Crippen LogP contribution in [0.15, 0.2) is 0 Å². The molecular weight excluding hydrogens is 104 g/mol. The summed E-state index contributed by atoms with van der Waals surface area (Å²) in [5.41, 5.74) is 0.698. The van der Waals surface area contributed by atoms with Gasteiger partial charge in [-0.05, 0) is 30.4 Å². The van der Waals surface area contributed by atoms with Crippen LogP contribution in [-0.2, 0) is 0 Å². The highest BCUT2D eigenvalue weighted by molar-refractivity contribution is 7.80. The Kier molecular flexibility index (Phi) is 1.33. The van der Waals surface area contributed by atoms with Gasteiger partial charge in [0.25, 0.3) is 0 Å². The van der Waals surface area contributed by atoms with Crippen molar-refractivity contribution in [1.82, 2.24) is 0 Å². The summed E-state index contributed by atoms with van der Waals surface area (Å²) in [6, 6.07) is 0. The fourth-order valence-electron chi connectivity index (χ4n) is 0.800. The summed E-state index contributed by atoms with van der Waals surface area (Å²) >= 11 is 4.24. The molecule has 0 heterocycles. The van der Waals surface area contributed by atoms with Crippen LogP contribution < -0.4 is 0 Å². The second-order valence-electron chi connectivity index (χ2n) is 2.51. The van der Waals surface area contributed by atoms with Crippen LogP contribution in [0.5, 0.6) is 0 Å². The van der Waals surface area contributed by atoms with Crippen LogP contribution in [0.3, 0.4) is 0 Å². The van der Waals surface area contributed by atoms with Gasteiger partial charge in [-0.3, -0.25) is 0 Å². The molecule has 1 aliphatic rings. The molecule has 1 heteroatoms. The molecule has 0 atom stereocenters. The van der Waals surface area contributed by atoms with E-state index >= 15 is 0 Å². The molecule has 42 valence electrons. The first-order valence-corrected chi connectivity index (χ1v) is 3.57. The standard InChI is InChI=1S/C6H12S/c1-2-6(5-7)3-4-6/h7H,2-5H2,1H3. The Hall–Kier alpha value is 0.350. The topological polar surface area (TPSA) is 0 Å². The third-order valence-electron chi connectivity index (χ3n) is 2.04. The summed E-state index contributed by atoms with van der Waals surface area (Å²) in [5.74, 6) is 1.10. The molecule has 0 amide bonds. The minimum Gasteiger partial charge on any atom is -0.179 e. The lowest BCUT2D eigenvalue weighted by atomic mass is 10.1. The monoisotopic (exact) mass is 116 g/mol. The van der Waals surface area contributed by atoms with Crippen LogP contribution in [0.1, 0.15) is 26.2 Å². The van der Waals surface area contributed by atoms with E-state index < -0.39 is 0 Å². The molecule has 1 saturated carbocycles. The van der Waals surface area contributed by atoms with Gasteiger partial charge >= 0.3 is 0 Å². The van der Waals surface area contributed by atoms with Crippen LogP contribution in [-0.4, -0.2) is 5.75 Å². The predicted molar refractivity (Wildman–Crippen MR) is 35.8 cm³/mol. The molecule has 0 saturated heterocycles. The van der Waals surface area contributed by atoms with Gasteiger partial charge in [-0.2, -0.15) is 12.6 Å². The Morgan fingerprint density at radius 2 is 2.14 bits per heavy atom. The minimum absolute atomic E-state index is 0.698. The average Bonchev–Trinajstić information content (AvgIpc) is 2.46. The number of hydrogen-bond donors (Lipinski definition) is 1. The van der Waals surface area contributed by atoms with Gasteiger partial charge in [0.2, 0.25) is 0 Å². The molecule has 1 fully saturated rings. The third kappa shape index (κ3) is 0.933. The number of hydrogen-bond acceptors (Lipinski definition) is 1. The van der Waals surface area contributed by atoms with Crippen molar-refractivity contribution in [3.63, 3.8) is 0 Å². The summed E-state index contributed by atoms with van der Waals surface area (Å²) in [6.07, 6.45) is 4.18. The minimum atomic E-state index is 0.698. The first-order chi connectivity index (χ1) is 3.33. The number of thiol groups is 1. The molecule has 1 aliphatic carbocycles. The van der Waals surface area contributed by atoms with Gasteiger partial charge in [0.1, 0.15) is 0 Å². The average molecular weight is 116 g/mol. The van der Waals surface area contributed by atoms with Crippen molar-refractivity contribution < 1.29 is 0 Å². The lowest BCUT2D eigenvalue weighted by Gasteiger charge is -2.03. The van der Waals surface area contributed by atoms with E-state index in [1.807, 2.05) is 0 Å². The van der Waals surface area contributed by atoms with E-state index in [0.717, 1.165) is 5.75 Å². The van der Waals surface area contributed by atoms with Crippen molar-refractivity contribution in [3.8, 4) is 0 Å². The second-order valence-corrected chi connectivity index (χ2v) is 2.83. The van der Waals surface area contributed by atoms with Gasteiger partial charge in [-0.25, -0.2) is 0 Å². The van der Waals surface area contributed by atoms with Crippen LogP contribution in [0.4, 0.5) is 0 Å². The predicted octanol–water partition coefficient (Wildman–Crippen LogP) is 2.11. The fourth-order valence-corrected chi connectivity index (χ4v) is 1.34. The summed E-state index contributed by atoms with van der Waals surface area (Å²) in [6.45, 7) is 2.25. The Morgan fingerprint density at radius 3 is 2.14 bits per heavy atom. The van der Waals surface area contributed by atoms with Gasteiger partial charge < -0.3 is 0 Å². The first-order valence-electron chi connectivity index (χ1n) is 2.94. The van der Waals surface area contributed by atoms with Crippen LogP contribution in [0.2, 0.25) is 0 Å².